The fourth-order valence-electron chi connectivity index (χ4n) is 5.70. The molecule has 0 aromatic rings. The molecule has 4 atom stereocenters. The summed E-state index contributed by atoms with van der Waals surface area (Å²) in [5, 5.41) is 23.9. The van der Waals surface area contributed by atoms with E-state index in [0.717, 1.165) is 38.5 Å². The minimum absolute atomic E-state index is 0.0510. The first-order valence-electron chi connectivity index (χ1n) is 19.4. The van der Waals surface area contributed by atoms with Crippen LogP contribution in [0, 0.1) is 0 Å². The quantitative estimate of drug-likeness (QED) is 0.0248. The molecule has 0 aliphatic heterocycles. The fourth-order valence-corrected chi connectivity index (χ4v) is 6.46. The molecule has 0 aromatic carbocycles. The highest BCUT2D eigenvalue weighted by Gasteiger charge is 2.27. The molecule has 0 aromatic heterocycles. The third kappa shape index (κ3) is 32.2. The topological polar surface area (TPSA) is 151 Å². The molecular formula is C37H75N2O7P. The van der Waals surface area contributed by atoms with Gasteiger partial charge in [-0.25, -0.2) is 4.57 Å². The summed E-state index contributed by atoms with van der Waals surface area (Å²) < 4.78 is 21.9. The van der Waals surface area contributed by atoms with E-state index in [1.165, 1.54) is 116 Å². The molecule has 6 N–H and O–H groups in total. The standard InChI is InChI=1S/C37H75N2O7P/c1-3-5-7-9-11-13-15-16-17-18-19-20-22-24-26-28-34(40)32-37(42)39-35(33-46-47(43,44)45-31-30-38)36(41)29-27-25-23-21-14-12-10-8-6-4-2/h27,29,34-36,40-41H,3-26,28,30-33,38H2,1-2H3,(H,39,42)(H,43,44)/b29-27+. The number of allylic oxidation sites excluding steroid dienone is 1. The number of phosphoric acid groups is 1. The summed E-state index contributed by atoms with van der Waals surface area (Å²) in [6.07, 6.45) is 31.5. The molecule has 0 saturated carbocycles. The van der Waals surface area contributed by atoms with Gasteiger partial charge in [0.25, 0.3) is 0 Å². The van der Waals surface area contributed by atoms with E-state index in [1.807, 2.05) is 6.08 Å². The van der Waals surface area contributed by atoms with Gasteiger partial charge in [-0.3, -0.25) is 13.8 Å². The molecule has 0 rings (SSSR count). The van der Waals surface area contributed by atoms with E-state index in [4.69, 9.17) is 14.8 Å². The van der Waals surface area contributed by atoms with Gasteiger partial charge in [-0.15, -0.1) is 0 Å². The lowest BCUT2D eigenvalue weighted by molar-refractivity contribution is -0.124. The summed E-state index contributed by atoms with van der Waals surface area (Å²) in [4.78, 5) is 22.6. The van der Waals surface area contributed by atoms with Crippen LogP contribution in [0.4, 0.5) is 0 Å². The first-order valence-corrected chi connectivity index (χ1v) is 20.9. The zero-order chi connectivity index (χ0) is 34.9. The van der Waals surface area contributed by atoms with Crippen LogP contribution >= 0.6 is 7.82 Å². The second-order valence-corrected chi connectivity index (χ2v) is 14.8. The Morgan fingerprint density at radius 2 is 1.17 bits per heavy atom. The van der Waals surface area contributed by atoms with E-state index in [9.17, 15) is 24.5 Å². The SMILES string of the molecule is CCCCCCCCCC/C=C/C(O)C(COP(=O)(O)OCCN)NC(=O)CC(O)CCCCCCCCCCCCCCCCC. The van der Waals surface area contributed by atoms with E-state index in [0.29, 0.717) is 6.42 Å². The number of carbonyl (C=O) groups excluding carboxylic acids is 1. The number of unbranched alkanes of at least 4 members (excludes halogenated alkanes) is 22. The van der Waals surface area contributed by atoms with Gasteiger partial charge in [0.15, 0.2) is 0 Å². The highest BCUT2D eigenvalue weighted by Crippen LogP contribution is 2.43. The van der Waals surface area contributed by atoms with Crippen molar-refractivity contribution < 1.29 is 33.5 Å². The normalized spacial score (nSPS) is 15.1. The molecule has 280 valence electrons. The Morgan fingerprint density at radius 3 is 1.64 bits per heavy atom. The molecule has 4 unspecified atom stereocenters. The predicted octanol–water partition coefficient (Wildman–Crippen LogP) is 9.02. The van der Waals surface area contributed by atoms with Gasteiger partial charge in [0, 0.05) is 6.54 Å². The summed E-state index contributed by atoms with van der Waals surface area (Å²) >= 11 is 0. The van der Waals surface area contributed by atoms with Crippen molar-refractivity contribution >= 4 is 13.7 Å². The number of aliphatic hydroxyl groups excluding tert-OH is 2. The number of nitrogens with one attached hydrogen (secondary N) is 1. The van der Waals surface area contributed by atoms with Gasteiger partial charge < -0.3 is 26.2 Å². The Balaban J connectivity index is 4.34. The Bertz CT molecular complexity index is 771. The number of hydrogen-bond donors (Lipinski definition) is 5. The molecule has 0 fully saturated rings. The number of amides is 1. The summed E-state index contributed by atoms with van der Waals surface area (Å²) in [7, 11) is -4.38. The van der Waals surface area contributed by atoms with Gasteiger partial charge in [0.2, 0.25) is 5.91 Å². The lowest BCUT2D eigenvalue weighted by Gasteiger charge is -2.24. The van der Waals surface area contributed by atoms with Crippen molar-refractivity contribution in [2.45, 2.75) is 199 Å². The van der Waals surface area contributed by atoms with Crippen LogP contribution in [-0.2, 0) is 18.4 Å². The highest BCUT2D eigenvalue weighted by atomic mass is 31.2. The van der Waals surface area contributed by atoms with E-state index >= 15 is 0 Å². The second-order valence-electron chi connectivity index (χ2n) is 13.3. The molecule has 9 nitrogen and oxygen atoms in total. The Labute approximate surface area is 288 Å². The fraction of sp³-hybridized carbons (Fsp3) is 0.919. The Kier molecular flexibility index (Phi) is 33.1. The number of aliphatic hydroxyl groups is 2. The molecule has 0 radical (unpaired) electrons. The van der Waals surface area contributed by atoms with Crippen molar-refractivity contribution in [2.24, 2.45) is 5.73 Å². The van der Waals surface area contributed by atoms with Gasteiger partial charge in [-0.1, -0.05) is 167 Å². The minimum atomic E-state index is -4.38. The number of rotatable bonds is 36. The molecule has 0 bridgehead atoms. The van der Waals surface area contributed by atoms with Gasteiger partial charge in [-0.2, -0.15) is 0 Å². The first-order chi connectivity index (χ1) is 22.8. The summed E-state index contributed by atoms with van der Waals surface area (Å²) in [5.74, 6) is -0.446. The maximum atomic E-state index is 12.7. The van der Waals surface area contributed by atoms with Crippen LogP contribution in [0.1, 0.15) is 181 Å². The third-order valence-corrected chi connectivity index (χ3v) is 9.65. The van der Waals surface area contributed by atoms with E-state index in [-0.39, 0.29) is 19.6 Å². The molecule has 47 heavy (non-hydrogen) atoms. The largest absolute Gasteiger partial charge is 0.472 e. The van der Waals surface area contributed by atoms with Crippen molar-refractivity contribution in [3.63, 3.8) is 0 Å². The Morgan fingerprint density at radius 1 is 0.723 bits per heavy atom. The van der Waals surface area contributed by atoms with Crippen LogP contribution in [0.3, 0.4) is 0 Å². The minimum Gasteiger partial charge on any atom is -0.393 e. The van der Waals surface area contributed by atoms with Crippen LogP contribution < -0.4 is 11.1 Å². The Hall–Kier alpha value is -0.800. The van der Waals surface area contributed by atoms with Crippen molar-refractivity contribution in [3.05, 3.63) is 12.2 Å². The average molecular weight is 691 g/mol. The molecule has 0 saturated heterocycles. The van der Waals surface area contributed by atoms with Crippen molar-refractivity contribution in [3.8, 4) is 0 Å². The van der Waals surface area contributed by atoms with Crippen molar-refractivity contribution in [1.82, 2.24) is 5.32 Å². The average Bonchev–Trinajstić information content (AvgIpc) is 3.04. The van der Waals surface area contributed by atoms with Gasteiger partial charge in [-0.05, 0) is 19.3 Å². The predicted molar refractivity (Wildman–Crippen MR) is 195 cm³/mol. The van der Waals surface area contributed by atoms with E-state index < -0.39 is 38.6 Å². The lowest BCUT2D eigenvalue weighted by Crippen LogP contribution is -2.46. The van der Waals surface area contributed by atoms with Crippen molar-refractivity contribution in [1.29, 1.82) is 0 Å². The highest BCUT2D eigenvalue weighted by molar-refractivity contribution is 7.47. The molecule has 0 heterocycles. The van der Waals surface area contributed by atoms with Crippen LogP contribution in [0.25, 0.3) is 0 Å². The number of carbonyl (C=O) groups is 1. The van der Waals surface area contributed by atoms with Crippen LogP contribution in [0.2, 0.25) is 0 Å². The third-order valence-electron chi connectivity index (χ3n) is 8.67. The molecule has 0 aliphatic rings. The van der Waals surface area contributed by atoms with Gasteiger partial charge in [0.05, 0.1) is 37.9 Å². The summed E-state index contributed by atoms with van der Waals surface area (Å²) in [6, 6.07) is -0.975. The molecule has 10 heteroatoms. The zero-order valence-electron chi connectivity index (χ0n) is 30.4. The lowest BCUT2D eigenvalue weighted by atomic mass is 10.0. The summed E-state index contributed by atoms with van der Waals surface area (Å²) in [6.45, 7) is 3.94. The van der Waals surface area contributed by atoms with Gasteiger partial charge in [0.1, 0.15) is 0 Å². The van der Waals surface area contributed by atoms with E-state index in [2.05, 4.69) is 19.2 Å². The number of nitrogens with two attached hydrogens (primary N) is 1. The molecule has 0 aliphatic carbocycles. The smallest absolute Gasteiger partial charge is 0.393 e. The van der Waals surface area contributed by atoms with Crippen molar-refractivity contribution in [2.75, 3.05) is 19.8 Å². The number of hydrogen-bond acceptors (Lipinski definition) is 7. The molecule has 1 amide bonds. The van der Waals surface area contributed by atoms with Gasteiger partial charge >= 0.3 is 7.82 Å². The first kappa shape index (κ1) is 46.2. The maximum Gasteiger partial charge on any atom is 0.472 e. The molecule has 0 spiro atoms. The maximum absolute atomic E-state index is 12.7. The molecular weight excluding hydrogens is 615 g/mol. The van der Waals surface area contributed by atoms with Crippen LogP contribution in [0.15, 0.2) is 12.2 Å². The number of phosphoric ester groups is 1. The zero-order valence-corrected chi connectivity index (χ0v) is 31.3. The monoisotopic (exact) mass is 691 g/mol. The van der Waals surface area contributed by atoms with Crippen LogP contribution in [-0.4, -0.2) is 59.0 Å². The summed E-state index contributed by atoms with van der Waals surface area (Å²) in [5.41, 5.74) is 5.34. The van der Waals surface area contributed by atoms with E-state index in [1.54, 1.807) is 6.08 Å². The van der Waals surface area contributed by atoms with Crippen LogP contribution in [0.5, 0.6) is 0 Å². The second kappa shape index (κ2) is 33.7.